The molecule has 2 aromatic heterocycles. The van der Waals surface area contributed by atoms with Gasteiger partial charge in [-0.05, 0) is 47.2 Å². The Balaban J connectivity index is 1.46. The standard InChI is InChI=1S/C41H50N6O7S/c1-5-6-7-8-9-20-54-30-16-14-27(15-17-30)29-23-43-37(44-24-29)28-12-10-26(11-13-28)21-31(47-40(53)33-18-19-34(55-33)41(2,3)4)39(52)46-32(22-36(49)50)38(51)45-25-35(42)48/h10-19,23-24,31-32H,5-9,20-22,25H2,1-4H3,(H2,42,48)(H,45,51)(H,46,52)(H,47,53)(H,49,50)/t31-,32?/m0/s1. The molecular weight excluding hydrogens is 721 g/mol. The van der Waals surface area contributed by atoms with Crippen LogP contribution in [0.25, 0.3) is 22.5 Å². The Morgan fingerprint density at radius 3 is 2.05 bits per heavy atom. The molecule has 292 valence electrons. The number of nitrogens with two attached hydrogens (primary N) is 1. The Morgan fingerprint density at radius 2 is 1.45 bits per heavy atom. The number of aliphatic carboxylic acids is 1. The molecule has 4 aromatic rings. The lowest BCUT2D eigenvalue weighted by molar-refractivity contribution is -0.140. The summed E-state index contributed by atoms with van der Waals surface area (Å²) in [6.07, 6.45) is 8.65. The third-order valence-electron chi connectivity index (χ3n) is 8.65. The Hall–Kier alpha value is -5.63. The van der Waals surface area contributed by atoms with Crippen LogP contribution in [0.5, 0.6) is 5.75 Å². The number of amides is 4. The summed E-state index contributed by atoms with van der Waals surface area (Å²) in [6.45, 7) is 8.43. The number of carbonyl (C=O) groups is 5. The van der Waals surface area contributed by atoms with Gasteiger partial charge in [-0.15, -0.1) is 11.3 Å². The molecule has 0 aliphatic heterocycles. The maximum atomic E-state index is 13.6. The van der Waals surface area contributed by atoms with Crippen LogP contribution in [0.4, 0.5) is 0 Å². The van der Waals surface area contributed by atoms with Crippen LogP contribution in [0.1, 0.15) is 86.3 Å². The summed E-state index contributed by atoms with van der Waals surface area (Å²) >= 11 is 1.30. The summed E-state index contributed by atoms with van der Waals surface area (Å²) in [7, 11) is 0. The fourth-order valence-corrected chi connectivity index (χ4v) is 6.51. The van der Waals surface area contributed by atoms with Crippen LogP contribution in [-0.2, 0) is 31.0 Å². The normalized spacial score (nSPS) is 12.3. The largest absolute Gasteiger partial charge is 0.494 e. The number of nitrogens with one attached hydrogen (secondary N) is 3. The third kappa shape index (κ3) is 13.3. The molecule has 0 aliphatic carbocycles. The zero-order chi connectivity index (χ0) is 40.0. The molecule has 55 heavy (non-hydrogen) atoms. The maximum Gasteiger partial charge on any atom is 0.305 e. The van der Waals surface area contributed by atoms with Crippen LogP contribution < -0.4 is 26.4 Å². The molecule has 0 bridgehead atoms. The first-order valence-electron chi connectivity index (χ1n) is 18.4. The van der Waals surface area contributed by atoms with Crippen LogP contribution >= 0.6 is 11.3 Å². The number of hydrogen-bond donors (Lipinski definition) is 5. The highest BCUT2D eigenvalue weighted by Gasteiger charge is 2.30. The lowest BCUT2D eigenvalue weighted by Crippen LogP contribution is -2.55. The molecule has 2 aromatic carbocycles. The van der Waals surface area contributed by atoms with Gasteiger partial charge in [0.15, 0.2) is 5.82 Å². The zero-order valence-electron chi connectivity index (χ0n) is 31.7. The average molecular weight is 771 g/mol. The number of unbranched alkanes of at least 4 members (excludes halogenated alkanes) is 4. The van der Waals surface area contributed by atoms with Crippen molar-refractivity contribution in [3.8, 4) is 28.3 Å². The molecule has 0 radical (unpaired) electrons. The van der Waals surface area contributed by atoms with Gasteiger partial charge in [-0.3, -0.25) is 24.0 Å². The van der Waals surface area contributed by atoms with Crippen molar-refractivity contribution in [2.45, 2.75) is 90.1 Å². The minimum Gasteiger partial charge on any atom is -0.494 e. The van der Waals surface area contributed by atoms with Crippen molar-refractivity contribution in [2.24, 2.45) is 5.73 Å². The quantitative estimate of drug-likeness (QED) is 0.0728. The molecule has 0 saturated carbocycles. The maximum absolute atomic E-state index is 13.6. The number of carbonyl (C=O) groups excluding carboxylic acids is 4. The zero-order valence-corrected chi connectivity index (χ0v) is 32.5. The van der Waals surface area contributed by atoms with E-state index >= 15 is 0 Å². The summed E-state index contributed by atoms with van der Waals surface area (Å²) in [5.41, 5.74) is 8.11. The molecule has 2 atom stereocenters. The number of aromatic nitrogens is 2. The number of carboxylic acids is 1. The van der Waals surface area contributed by atoms with Crippen LogP contribution in [0, 0.1) is 0 Å². The third-order valence-corrected chi connectivity index (χ3v) is 10.2. The molecule has 0 aliphatic rings. The van der Waals surface area contributed by atoms with Gasteiger partial charge in [-0.1, -0.05) is 89.8 Å². The number of primary amides is 1. The van der Waals surface area contributed by atoms with Gasteiger partial charge >= 0.3 is 5.97 Å². The van der Waals surface area contributed by atoms with E-state index in [0.29, 0.717) is 22.9 Å². The van der Waals surface area contributed by atoms with Gasteiger partial charge in [0.05, 0.1) is 24.4 Å². The van der Waals surface area contributed by atoms with Crippen LogP contribution in [0.2, 0.25) is 0 Å². The van der Waals surface area contributed by atoms with Gasteiger partial charge in [-0.25, -0.2) is 9.97 Å². The van der Waals surface area contributed by atoms with Gasteiger partial charge in [-0.2, -0.15) is 0 Å². The first-order valence-corrected chi connectivity index (χ1v) is 19.2. The highest BCUT2D eigenvalue weighted by molar-refractivity contribution is 7.14. The second-order valence-corrected chi connectivity index (χ2v) is 15.4. The van der Waals surface area contributed by atoms with Crippen molar-refractivity contribution in [1.82, 2.24) is 25.9 Å². The first kappa shape index (κ1) is 42.1. The molecule has 13 nitrogen and oxygen atoms in total. The number of hydrogen-bond acceptors (Lipinski definition) is 9. The number of carboxylic acid groups (broad SMARTS) is 1. The monoisotopic (exact) mass is 770 g/mol. The smallest absolute Gasteiger partial charge is 0.305 e. The van der Waals surface area contributed by atoms with Crippen molar-refractivity contribution in [3.63, 3.8) is 0 Å². The fraction of sp³-hybridized carbons (Fsp3) is 0.390. The lowest BCUT2D eigenvalue weighted by atomic mass is 9.95. The summed E-state index contributed by atoms with van der Waals surface area (Å²) in [4.78, 5) is 73.0. The van der Waals surface area contributed by atoms with Crippen molar-refractivity contribution in [2.75, 3.05) is 13.2 Å². The highest BCUT2D eigenvalue weighted by Crippen LogP contribution is 2.29. The number of ether oxygens (including phenoxy) is 1. The minimum atomic E-state index is -1.53. The van der Waals surface area contributed by atoms with Gasteiger partial charge in [0.25, 0.3) is 5.91 Å². The van der Waals surface area contributed by atoms with Gasteiger partial charge in [0, 0.05) is 34.8 Å². The molecule has 0 fully saturated rings. The van der Waals surface area contributed by atoms with Crippen LogP contribution in [0.3, 0.4) is 0 Å². The molecule has 1 unspecified atom stereocenters. The SMILES string of the molecule is CCCCCCCOc1ccc(-c2cnc(-c3ccc(C[C@H](NC(=O)c4ccc(C(C)(C)C)s4)C(=O)NC(CC(=O)O)C(=O)NCC(N)=O)cc3)nc2)cc1. The van der Waals surface area contributed by atoms with Crippen LogP contribution in [0.15, 0.2) is 73.1 Å². The van der Waals surface area contributed by atoms with Crippen molar-refractivity contribution < 1.29 is 33.8 Å². The Labute approximate surface area is 325 Å². The predicted octanol–water partition coefficient (Wildman–Crippen LogP) is 5.42. The second kappa shape index (κ2) is 20.2. The average Bonchev–Trinajstić information content (AvgIpc) is 3.67. The number of benzene rings is 2. The van der Waals surface area contributed by atoms with Gasteiger partial charge < -0.3 is 31.5 Å². The summed E-state index contributed by atoms with van der Waals surface area (Å²) in [6, 6.07) is 15.8. The van der Waals surface area contributed by atoms with Crippen molar-refractivity contribution in [3.05, 3.63) is 88.4 Å². The Morgan fingerprint density at radius 1 is 0.800 bits per heavy atom. The van der Waals surface area contributed by atoms with E-state index in [1.54, 1.807) is 42.7 Å². The predicted molar refractivity (Wildman–Crippen MR) is 212 cm³/mol. The first-order chi connectivity index (χ1) is 26.2. The molecule has 14 heteroatoms. The fourth-order valence-electron chi connectivity index (χ4n) is 5.55. The summed E-state index contributed by atoms with van der Waals surface area (Å²) in [5.74, 6) is -3.07. The summed E-state index contributed by atoms with van der Waals surface area (Å²) in [5, 5.41) is 16.8. The number of rotatable bonds is 20. The number of nitrogens with zero attached hydrogens (tertiary/aromatic N) is 2. The van der Waals surface area contributed by atoms with E-state index in [9.17, 15) is 29.1 Å². The Bertz CT molecular complexity index is 1910. The molecule has 4 amide bonds. The van der Waals surface area contributed by atoms with Crippen molar-refractivity contribution in [1.29, 1.82) is 0 Å². The molecule has 2 heterocycles. The van der Waals surface area contributed by atoms with E-state index in [2.05, 4.69) is 32.8 Å². The Kier molecular flexibility index (Phi) is 15.4. The molecule has 4 rings (SSSR count). The minimum absolute atomic E-state index is 0.0103. The van der Waals surface area contributed by atoms with E-state index < -0.39 is 54.6 Å². The molecule has 0 saturated heterocycles. The number of thiophene rings is 1. The van der Waals surface area contributed by atoms with E-state index in [0.717, 1.165) is 33.7 Å². The second-order valence-electron chi connectivity index (χ2n) is 14.3. The molecular formula is C41H50N6O7S. The molecule has 0 spiro atoms. The van der Waals surface area contributed by atoms with Crippen molar-refractivity contribution >= 4 is 40.9 Å². The van der Waals surface area contributed by atoms with E-state index in [1.165, 1.54) is 37.0 Å². The van der Waals surface area contributed by atoms with E-state index in [1.807, 2.05) is 51.1 Å². The topological polar surface area (TPSA) is 203 Å². The molecule has 6 N–H and O–H groups in total. The van der Waals surface area contributed by atoms with Gasteiger partial charge in [0.1, 0.15) is 17.8 Å². The van der Waals surface area contributed by atoms with E-state index in [-0.39, 0.29) is 11.8 Å². The van der Waals surface area contributed by atoms with Gasteiger partial charge in [0.2, 0.25) is 17.7 Å². The van der Waals surface area contributed by atoms with Crippen LogP contribution in [-0.4, -0.2) is 69.9 Å². The highest BCUT2D eigenvalue weighted by atomic mass is 32.1. The summed E-state index contributed by atoms with van der Waals surface area (Å²) < 4.78 is 5.88. The lowest BCUT2D eigenvalue weighted by Gasteiger charge is -2.22. The van der Waals surface area contributed by atoms with E-state index in [4.69, 9.17) is 10.5 Å².